The number of carbonyl (C=O) groups is 2. The summed E-state index contributed by atoms with van der Waals surface area (Å²) in [6, 6.07) is 7.25. The van der Waals surface area contributed by atoms with Crippen LogP contribution >= 0.6 is 0 Å². The molecule has 92 valence electrons. The summed E-state index contributed by atoms with van der Waals surface area (Å²) in [5.74, 6) is -0.772. The normalized spacial score (nSPS) is 9.71. The number of benzene rings is 1. The highest BCUT2D eigenvalue weighted by atomic mass is 16.5. The molecule has 5 heteroatoms. The van der Waals surface area contributed by atoms with Crippen molar-refractivity contribution in [1.29, 1.82) is 0 Å². The number of hydrogen-bond donors (Lipinski definition) is 1. The zero-order chi connectivity index (χ0) is 12.7. The maximum atomic E-state index is 11.2. The Morgan fingerprint density at radius 1 is 1.24 bits per heavy atom. The molecular weight excluding hydrogens is 222 g/mol. The van der Waals surface area contributed by atoms with Gasteiger partial charge in [-0.15, -0.1) is 0 Å². The molecule has 0 saturated carbocycles. The summed E-state index contributed by atoms with van der Waals surface area (Å²) in [7, 11) is 1.58. The van der Waals surface area contributed by atoms with E-state index in [0.717, 1.165) is 11.3 Å². The Labute approximate surface area is 99.4 Å². The molecule has 0 aromatic heterocycles. The predicted octanol–water partition coefficient (Wildman–Crippen LogP) is -0.159. The quantitative estimate of drug-likeness (QED) is 0.744. The number of amides is 1. The Hall–Kier alpha value is -2.04. The average Bonchev–Trinajstić information content (AvgIpc) is 2.34. The second-order valence-electron chi connectivity index (χ2n) is 3.50. The molecule has 0 saturated heterocycles. The fraction of sp³-hybridized carbons (Fsp3) is 0.333. The van der Waals surface area contributed by atoms with E-state index in [4.69, 9.17) is 4.74 Å². The van der Waals surface area contributed by atoms with E-state index in [9.17, 15) is 14.7 Å². The van der Waals surface area contributed by atoms with Gasteiger partial charge in [0.1, 0.15) is 5.75 Å². The highest BCUT2D eigenvalue weighted by molar-refractivity contribution is 5.79. The van der Waals surface area contributed by atoms with Crippen molar-refractivity contribution in [1.82, 2.24) is 5.32 Å². The van der Waals surface area contributed by atoms with E-state index >= 15 is 0 Å². The van der Waals surface area contributed by atoms with Crippen LogP contribution in [0.15, 0.2) is 24.3 Å². The van der Waals surface area contributed by atoms with Gasteiger partial charge in [0.05, 0.1) is 7.11 Å². The standard InChI is InChI=1S/C12H15NO4/c1-17-10-4-2-9(3-5-10)8-13-11(14)6-7-12(15)16/h2-5H,6-8H2,1H3,(H,13,14)(H,15,16)/p-1. The van der Waals surface area contributed by atoms with E-state index in [2.05, 4.69) is 5.32 Å². The second kappa shape index (κ2) is 6.52. The van der Waals surface area contributed by atoms with Crippen LogP contribution in [0.25, 0.3) is 0 Å². The Bertz CT molecular complexity index is 386. The molecule has 0 unspecified atom stereocenters. The molecule has 0 spiro atoms. The van der Waals surface area contributed by atoms with Crippen LogP contribution < -0.4 is 15.2 Å². The van der Waals surface area contributed by atoms with Gasteiger partial charge in [-0.2, -0.15) is 0 Å². The number of ether oxygens (including phenoxy) is 1. The SMILES string of the molecule is COc1ccc(CNC(=O)CCC(=O)[O-])cc1. The van der Waals surface area contributed by atoms with Crippen LogP contribution in [0.5, 0.6) is 5.75 Å². The Morgan fingerprint density at radius 3 is 2.41 bits per heavy atom. The van der Waals surface area contributed by atoms with Crippen molar-refractivity contribution in [2.24, 2.45) is 0 Å². The molecule has 0 aliphatic carbocycles. The molecule has 0 fully saturated rings. The summed E-state index contributed by atoms with van der Waals surface area (Å²) < 4.78 is 5.00. The Kier molecular flexibility index (Phi) is 5.00. The summed E-state index contributed by atoms with van der Waals surface area (Å²) >= 11 is 0. The van der Waals surface area contributed by atoms with Crippen molar-refractivity contribution in [3.63, 3.8) is 0 Å². The lowest BCUT2D eigenvalue weighted by Crippen LogP contribution is -2.27. The van der Waals surface area contributed by atoms with Crippen molar-refractivity contribution in [3.8, 4) is 5.75 Å². The molecule has 1 aromatic rings. The van der Waals surface area contributed by atoms with Gasteiger partial charge >= 0.3 is 0 Å². The first-order valence-corrected chi connectivity index (χ1v) is 5.21. The van der Waals surface area contributed by atoms with Gasteiger partial charge in [0.25, 0.3) is 0 Å². The van der Waals surface area contributed by atoms with Gasteiger partial charge in [0, 0.05) is 18.9 Å². The first-order chi connectivity index (χ1) is 8.11. The molecule has 0 bridgehead atoms. The molecule has 0 aliphatic heterocycles. The fourth-order valence-corrected chi connectivity index (χ4v) is 1.25. The molecule has 0 radical (unpaired) electrons. The molecule has 0 atom stereocenters. The average molecular weight is 236 g/mol. The van der Waals surface area contributed by atoms with Crippen molar-refractivity contribution < 1.29 is 19.4 Å². The van der Waals surface area contributed by atoms with Crippen LogP contribution in [0.2, 0.25) is 0 Å². The molecule has 17 heavy (non-hydrogen) atoms. The molecular formula is C12H14NO4-. The van der Waals surface area contributed by atoms with Gasteiger partial charge in [-0.3, -0.25) is 4.79 Å². The second-order valence-corrected chi connectivity index (χ2v) is 3.50. The van der Waals surface area contributed by atoms with E-state index in [1.165, 1.54) is 0 Å². The van der Waals surface area contributed by atoms with Crippen molar-refractivity contribution in [2.75, 3.05) is 7.11 Å². The lowest BCUT2D eigenvalue weighted by Gasteiger charge is -2.06. The highest BCUT2D eigenvalue weighted by Crippen LogP contribution is 2.10. The fourth-order valence-electron chi connectivity index (χ4n) is 1.25. The number of rotatable bonds is 6. The number of methoxy groups -OCH3 is 1. The van der Waals surface area contributed by atoms with Crippen LogP contribution in [0.3, 0.4) is 0 Å². The number of carboxylic acid groups (broad SMARTS) is 1. The summed E-state index contributed by atoms with van der Waals surface area (Å²) in [5.41, 5.74) is 0.924. The molecule has 0 heterocycles. The maximum Gasteiger partial charge on any atom is 0.220 e. The van der Waals surface area contributed by atoms with Crippen LogP contribution in [-0.4, -0.2) is 19.0 Å². The van der Waals surface area contributed by atoms with Gasteiger partial charge in [-0.25, -0.2) is 0 Å². The van der Waals surface area contributed by atoms with Crippen LogP contribution in [-0.2, 0) is 16.1 Å². The third-order valence-electron chi connectivity index (χ3n) is 2.20. The van der Waals surface area contributed by atoms with Crippen LogP contribution in [0.1, 0.15) is 18.4 Å². The van der Waals surface area contributed by atoms with Gasteiger partial charge in [0.15, 0.2) is 0 Å². The summed E-state index contributed by atoms with van der Waals surface area (Å²) in [5, 5.41) is 12.8. The molecule has 0 aliphatic rings. The first kappa shape index (κ1) is 13.0. The molecule has 1 aromatic carbocycles. The monoisotopic (exact) mass is 236 g/mol. The lowest BCUT2D eigenvalue weighted by molar-refractivity contribution is -0.305. The van der Waals surface area contributed by atoms with E-state index in [1.807, 2.05) is 12.1 Å². The summed E-state index contributed by atoms with van der Waals surface area (Å²) in [4.78, 5) is 21.4. The van der Waals surface area contributed by atoms with Crippen molar-refractivity contribution >= 4 is 11.9 Å². The van der Waals surface area contributed by atoms with Crippen LogP contribution in [0, 0.1) is 0 Å². The maximum absolute atomic E-state index is 11.2. The van der Waals surface area contributed by atoms with E-state index in [-0.39, 0.29) is 18.7 Å². The predicted molar refractivity (Wildman–Crippen MR) is 59.1 cm³/mol. The van der Waals surface area contributed by atoms with Gasteiger partial charge in [0.2, 0.25) is 5.91 Å². The number of carboxylic acids is 1. The summed E-state index contributed by atoms with van der Waals surface area (Å²) in [6.45, 7) is 0.371. The van der Waals surface area contributed by atoms with Gasteiger partial charge in [-0.05, 0) is 24.1 Å². The first-order valence-electron chi connectivity index (χ1n) is 5.21. The number of nitrogens with one attached hydrogen (secondary N) is 1. The topological polar surface area (TPSA) is 78.5 Å². The van der Waals surface area contributed by atoms with Crippen molar-refractivity contribution in [3.05, 3.63) is 29.8 Å². The lowest BCUT2D eigenvalue weighted by atomic mass is 10.2. The molecule has 1 N–H and O–H groups in total. The largest absolute Gasteiger partial charge is 0.550 e. The number of carbonyl (C=O) groups excluding carboxylic acids is 2. The Balaban J connectivity index is 2.34. The minimum absolute atomic E-state index is 0.0571. The third-order valence-corrected chi connectivity index (χ3v) is 2.20. The minimum Gasteiger partial charge on any atom is -0.550 e. The van der Waals surface area contributed by atoms with E-state index in [1.54, 1.807) is 19.2 Å². The molecule has 5 nitrogen and oxygen atoms in total. The van der Waals surface area contributed by atoms with Gasteiger partial charge in [-0.1, -0.05) is 12.1 Å². The minimum atomic E-state index is -1.22. The highest BCUT2D eigenvalue weighted by Gasteiger charge is 2.01. The third kappa shape index (κ3) is 5.01. The molecule has 1 amide bonds. The van der Waals surface area contributed by atoms with E-state index in [0.29, 0.717) is 6.54 Å². The smallest absolute Gasteiger partial charge is 0.220 e. The zero-order valence-electron chi connectivity index (χ0n) is 9.56. The molecule has 1 rings (SSSR count). The van der Waals surface area contributed by atoms with Crippen LogP contribution in [0.4, 0.5) is 0 Å². The Morgan fingerprint density at radius 2 is 1.88 bits per heavy atom. The number of hydrogen-bond acceptors (Lipinski definition) is 4. The van der Waals surface area contributed by atoms with Crippen molar-refractivity contribution in [2.45, 2.75) is 19.4 Å². The van der Waals surface area contributed by atoms with E-state index < -0.39 is 5.97 Å². The summed E-state index contributed by atoms with van der Waals surface area (Å²) in [6.07, 6.45) is -0.313. The van der Waals surface area contributed by atoms with Gasteiger partial charge < -0.3 is 20.0 Å². The number of aliphatic carboxylic acids is 1. The zero-order valence-corrected chi connectivity index (χ0v) is 9.56.